The number of thioether (sulfide) groups is 1. The number of hydrogen-bond acceptors (Lipinski definition) is 4. The first kappa shape index (κ1) is 13.4. The summed E-state index contributed by atoms with van der Waals surface area (Å²) in [5.41, 5.74) is 7.14. The quantitative estimate of drug-likeness (QED) is 0.686. The summed E-state index contributed by atoms with van der Waals surface area (Å²) < 4.78 is 0. The number of anilines is 2. The lowest BCUT2D eigenvalue weighted by Crippen LogP contribution is -2.27. The van der Waals surface area contributed by atoms with Gasteiger partial charge in [-0.1, -0.05) is 17.8 Å². The van der Waals surface area contributed by atoms with E-state index < -0.39 is 0 Å². The van der Waals surface area contributed by atoms with Gasteiger partial charge in [-0.2, -0.15) is 0 Å². The van der Waals surface area contributed by atoms with Gasteiger partial charge in [0, 0.05) is 24.6 Å². The van der Waals surface area contributed by atoms with E-state index >= 15 is 0 Å². The molecule has 4 nitrogen and oxygen atoms in total. The summed E-state index contributed by atoms with van der Waals surface area (Å²) in [6.07, 6.45) is 1.72. The van der Waals surface area contributed by atoms with Gasteiger partial charge >= 0.3 is 0 Å². The Morgan fingerprint density at radius 1 is 1.26 bits per heavy atom. The molecule has 0 aliphatic carbocycles. The van der Waals surface area contributed by atoms with Gasteiger partial charge in [0.25, 0.3) is 0 Å². The molecule has 1 amide bonds. The van der Waals surface area contributed by atoms with Crippen LogP contribution in [-0.4, -0.2) is 23.7 Å². The van der Waals surface area contributed by atoms with Crippen LogP contribution in [0.15, 0.2) is 53.7 Å². The first-order chi connectivity index (χ1) is 9.16. The fraction of sp³-hybridized carbons (Fsp3) is 0.143. The van der Waals surface area contributed by atoms with Crippen molar-refractivity contribution >= 4 is 29.0 Å². The molecule has 0 saturated carbocycles. The van der Waals surface area contributed by atoms with Crippen LogP contribution >= 0.6 is 11.8 Å². The van der Waals surface area contributed by atoms with E-state index in [4.69, 9.17) is 5.73 Å². The molecule has 2 rings (SSSR count). The molecule has 0 radical (unpaired) electrons. The van der Waals surface area contributed by atoms with Gasteiger partial charge in [-0.3, -0.25) is 4.79 Å². The average molecular weight is 273 g/mol. The molecule has 0 spiro atoms. The molecule has 1 aromatic heterocycles. The average Bonchev–Trinajstić information content (AvgIpc) is 2.46. The van der Waals surface area contributed by atoms with E-state index in [1.165, 1.54) is 11.8 Å². The molecular formula is C14H15N3OS. The predicted molar refractivity (Wildman–Crippen MR) is 79.2 cm³/mol. The molecule has 5 heteroatoms. The topological polar surface area (TPSA) is 59.2 Å². The minimum absolute atomic E-state index is 0.0282. The highest BCUT2D eigenvalue weighted by molar-refractivity contribution is 7.99. The summed E-state index contributed by atoms with van der Waals surface area (Å²) in [6.45, 7) is 0. The summed E-state index contributed by atoms with van der Waals surface area (Å²) in [5.74, 6) is 0.387. The number of rotatable bonds is 4. The Morgan fingerprint density at radius 2 is 2.00 bits per heavy atom. The van der Waals surface area contributed by atoms with Crippen LogP contribution in [0.3, 0.4) is 0 Å². The van der Waals surface area contributed by atoms with Gasteiger partial charge in [0.15, 0.2) is 0 Å². The van der Waals surface area contributed by atoms with Crippen molar-refractivity contribution in [3.63, 3.8) is 0 Å². The SMILES string of the molecule is CN(C(=O)CSc1ccccn1)c1ccc(N)cc1. The first-order valence-corrected chi connectivity index (χ1v) is 6.81. The first-order valence-electron chi connectivity index (χ1n) is 5.83. The highest BCUT2D eigenvalue weighted by Gasteiger charge is 2.11. The molecule has 1 heterocycles. The zero-order valence-electron chi connectivity index (χ0n) is 10.6. The van der Waals surface area contributed by atoms with Gasteiger partial charge in [0.1, 0.15) is 0 Å². The largest absolute Gasteiger partial charge is 0.399 e. The number of carbonyl (C=O) groups is 1. The molecule has 0 bridgehead atoms. The molecule has 98 valence electrons. The Labute approximate surface area is 116 Å². The van der Waals surface area contributed by atoms with Gasteiger partial charge in [0.05, 0.1) is 10.8 Å². The van der Waals surface area contributed by atoms with Gasteiger partial charge in [-0.25, -0.2) is 4.98 Å². The number of nitrogens with zero attached hydrogens (tertiary/aromatic N) is 2. The second-order valence-corrected chi connectivity index (χ2v) is 5.00. The summed E-state index contributed by atoms with van der Waals surface area (Å²) in [6, 6.07) is 12.9. The van der Waals surface area contributed by atoms with Crippen LogP contribution in [0.1, 0.15) is 0 Å². The molecule has 0 aliphatic heterocycles. The minimum Gasteiger partial charge on any atom is -0.399 e. The van der Waals surface area contributed by atoms with Crippen LogP contribution in [-0.2, 0) is 4.79 Å². The van der Waals surface area contributed by atoms with Crippen molar-refractivity contribution in [2.24, 2.45) is 0 Å². The van der Waals surface area contributed by atoms with Crippen LogP contribution in [0, 0.1) is 0 Å². The molecule has 0 atom stereocenters. The lowest BCUT2D eigenvalue weighted by atomic mass is 10.2. The zero-order valence-corrected chi connectivity index (χ0v) is 11.4. The fourth-order valence-corrected chi connectivity index (χ4v) is 2.28. The third kappa shape index (κ3) is 3.72. The smallest absolute Gasteiger partial charge is 0.237 e. The fourth-order valence-electron chi connectivity index (χ4n) is 1.51. The van der Waals surface area contributed by atoms with Crippen molar-refractivity contribution in [1.82, 2.24) is 4.98 Å². The standard InChI is InChI=1S/C14H15N3OS/c1-17(12-7-5-11(15)6-8-12)14(18)10-19-13-4-2-3-9-16-13/h2-9H,10,15H2,1H3. The zero-order chi connectivity index (χ0) is 13.7. The summed E-state index contributed by atoms with van der Waals surface area (Å²) in [4.78, 5) is 17.8. The predicted octanol–water partition coefficient (Wildman–Crippen LogP) is 2.42. The number of pyridine rings is 1. The van der Waals surface area contributed by atoms with Gasteiger partial charge in [0.2, 0.25) is 5.91 Å². The van der Waals surface area contributed by atoms with Crippen molar-refractivity contribution in [2.75, 3.05) is 23.4 Å². The molecule has 2 N–H and O–H groups in total. The summed E-state index contributed by atoms with van der Waals surface area (Å²) >= 11 is 1.43. The maximum Gasteiger partial charge on any atom is 0.237 e. The Morgan fingerprint density at radius 3 is 2.63 bits per heavy atom. The van der Waals surface area contributed by atoms with Crippen LogP contribution in [0.2, 0.25) is 0 Å². The lowest BCUT2D eigenvalue weighted by Gasteiger charge is -2.17. The molecule has 0 fully saturated rings. The molecule has 0 aliphatic rings. The van der Waals surface area contributed by atoms with E-state index in [1.54, 1.807) is 30.3 Å². The number of carbonyl (C=O) groups excluding carboxylic acids is 1. The summed E-state index contributed by atoms with van der Waals surface area (Å²) in [5, 5.41) is 0.849. The second kappa shape index (κ2) is 6.24. The van der Waals surface area contributed by atoms with Crippen LogP contribution in [0.25, 0.3) is 0 Å². The van der Waals surface area contributed by atoms with Crippen LogP contribution in [0.4, 0.5) is 11.4 Å². The maximum atomic E-state index is 12.0. The van der Waals surface area contributed by atoms with Crippen molar-refractivity contribution in [2.45, 2.75) is 5.03 Å². The Balaban J connectivity index is 1.94. The molecule has 1 aromatic carbocycles. The third-order valence-electron chi connectivity index (χ3n) is 2.64. The van der Waals surface area contributed by atoms with E-state index in [0.717, 1.165) is 10.7 Å². The Bertz CT molecular complexity index is 542. The van der Waals surface area contributed by atoms with E-state index in [1.807, 2.05) is 30.3 Å². The number of nitrogens with two attached hydrogens (primary N) is 1. The monoisotopic (exact) mass is 273 g/mol. The Kier molecular flexibility index (Phi) is 4.41. The van der Waals surface area contributed by atoms with E-state index in [2.05, 4.69) is 4.98 Å². The van der Waals surface area contributed by atoms with Crippen molar-refractivity contribution < 1.29 is 4.79 Å². The van der Waals surface area contributed by atoms with Crippen molar-refractivity contribution in [3.8, 4) is 0 Å². The molecular weight excluding hydrogens is 258 g/mol. The van der Waals surface area contributed by atoms with Crippen molar-refractivity contribution in [3.05, 3.63) is 48.7 Å². The minimum atomic E-state index is 0.0282. The van der Waals surface area contributed by atoms with E-state index in [9.17, 15) is 4.79 Å². The number of hydrogen-bond donors (Lipinski definition) is 1. The second-order valence-electron chi connectivity index (χ2n) is 4.00. The third-order valence-corrected chi connectivity index (χ3v) is 3.56. The highest BCUT2D eigenvalue weighted by Crippen LogP contribution is 2.18. The molecule has 19 heavy (non-hydrogen) atoms. The number of nitrogen functional groups attached to an aromatic ring is 1. The molecule has 0 unspecified atom stereocenters. The summed E-state index contributed by atoms with van der Waals surface area (Å²) in [7, 11) is 1.76. The normalized spacial score (nSPS) is 10.2. The lowest BCUT2D eigenvalue weighted by molar-refractivity contribution is -0.115. The van der Waals surface area contributed by atoms with Gasteiger partial charge in [-0.05, 0) is 36.4 Å². The number of amides is 1. The van der Waals surface area contributed by atoms with E-state index in [-0.39, 0.29) is 5.91 Å². The molecule has 0 saturated heterocycles. The van der Waals surface area contributed by atoms with Gasteiger partial charge < -0.3 is 10.6 Å². The molecule has 2 aromatic rings. The van der Waals surface area contributed by atoms with Crippen molar-refractivity contribution in [1.29, 1.82) is 0 Å². The maximum absolute atomic E-state index is 12.0. The highest BCUT2D eigenvalue weighted by atomic mass is 32.2. The van der Waals surface area contributed by atoms with Crippen LogP contribution in [0.5, 0.6) is 0 Å². The van der Waals surface area contributed by atoms with Gasteiger partial charge in [-0.15, -0.1) is 0 Å². The van der Waals surface area contributed by atoms with Crippen LogP contribution < -0.4 is 10.6 Å². The van der Waals surface area contributed by atoms with E-state index in [0.29, 0.717) is 11.4 Å². The Hall–Kier alpha value is -2.01. The number of benzene rings is 1. The number of aromatic nitrogens is 1.